The minimum absolute atomic E-state index is 0.0527. The second-order valence-corrected chi connectivity index (χ2v) is 5.41. The molecule has 0 amide bonds. The highest BCUT2D eigenvalue weighted by Crippen LogP contribution is 2.29. The predicted molar refractivity (Wildman–Crippen MR) is 71.7 cm³/mol. The van der Waals surface area contributed by atoms with Crippen LogP contribution in [0, 0.1) is 10.1 Å². The van der Waals surface area contributed by atoms with E-state index in [4.69, 9.17) is 4.74 Å². The van der Waals surface area contributed by atoms with Crippen LogP contribution in [0.3, 0.4) is 0 Å². The Morgan fingerprint density at radius 2 is 2.22 bits per heavy atom. The third-order valence-electron chi connectivity index (χ3n) is 2.29. The molecule has 18 heavy (non-hydrogen) atoms. The van der Waals surface area contributed by atoms with Crippen LogP contribution in [0.4, 0.5) is 11.4 Å². The predicted octanol–water partition coefficient (Wildman–Crippen LogP) is 1.78. The molecule has 2 unspecified atom stereocenters. The number of ether oxygens (including phenoxy) is 1. The van der Waals surface area contributed by atoms with Gasteiger partial charge < -0.3 is 10.1 Å². The Kier molecular flexibility index (Phi) is 5.08. The molecule has 0 saturated heterocycles. The zero-order chi connectivity index (χ0) is 13.7. The van der Waals surface area contributed by atoms with E-state index in [0.717, 1.165) is 0 Å². The molecule has 0 spiro atoms. The summed E-state index contributed by atoms with van der Waals surface area (Å²) in [5, 5.41) is 13.9. The summed E-state index contributed by atoms with van der Waals surface area (Å²) in [7, 11) is 0.504. The van der Waals surface area contributed by atoms with Gasteiger partial charge in [0.1, 0.15) is 11.4 Å². The van der Waals surface area contributed by atoms with E-state index in [1.165, 1.54) is 13.2 Å². The maximum Gasteiger partial charge on any atom is 0.296 e. The number of anilines is 1. The van der Waals surface area contributed by atoms with Crippen molar-refractivity contribution in [1.82, 2.24) is 0 Å². The van der Waals surface area contributed by atoms with Crippen LogP contribution in [0.1, 0.15) is 6.92 Å². The lowest BCUT2D eigenvalue weighted by atomic mass is 10.2. The number of nitro benzene ring substituents is 1. The van der Waals surface area contributed by atoms with Crippen LogP contribution in [0.2, 0.25) is 0 Å². The zero-order valence-electron chi connectivity index (χ0n) is 10.5. The normalized spacial score (nSPS) is 13.7. The van der Waals surface area contributed by atoms with Crippen molar-refractivity contribution in [1.29, 1.82) is 0 Å². The van der Waals surface area contributed by atoms with Gasteiger partial charge in [-0.2, -0.15) is 0 Å². The lowest BCUT2D eigenvalue weighted by molar-refractivity contribution is -0.384. The van der Waals surface area contributed by atoms with Gasteiger partial charge in [-0.1, -0.05) is 0 Å². The van der Waals surface area contributed by atoms with Crippen molar-refractivity contribution < 1.29 is 13.9 Å². The van der Waals surface area contributed by atoms with Gasteiger partial charge in [-0.15, -0.1) is 0 Å². The Bertz CT molecular complexity index is 464. The van der Waals surface area contributed by atoms with Crippen molar-refractivity contribution in [3.63, 3.8) is 0 Å². The molecule has 1 N–H and O–H groups in total. The molecule has 7 heteroatoms. The highest BCUT2D eigenvalue weighted by atomic mass is 32.2. The van der Waals surface area contributed by atoms with Gasteiger partial charge in [0.15, 0.2) is 0 Å². The molecule has 0 bridgehead atoms. The fourth-order valence-corrected chi connectivity index (χ4v) is 2.36. The van der Waals surface area contributed by atoms with Crippen molar-refractivity contribution in [2.45, 2.75) is 13.0 Å². The molecule has 1 rings (SSSR count). The van der Waals surface area contributed by atoms with Gasteiger partial charge in [0.2, 0.25) is 0 Å². The van der Waals surface area contributed by atoms with Gasteiger partial charge in [0, 0.05) is 28.9 Å². The molecule has 6 nitrogen and oxygen atoms in total. The summed E-state index contributed by atoms with van der Waals surface area (Å²) >= 11 is 0. The average Bonchev–Trinajstić information content (AvgIpc) is 2.28. The number of nitro groups is 1. The number of hydrogen-bond acceptors (Lipinski definition) is 5. The first kappa shape index (κ1) is 14.4. The van der Waals surface area contributed by atoms with Crippen molar-refractivity contribution in [2.24, 2.45) is 0 Å². The first-order chi connectivity index (χ1) is 8.43. The number of nitrogens with zero attached hydrogens (tertiary/aromatic N) is 1. The maximum atomic E-state index is 11.1. The summed E-state index contributed by atoms with van der Waals surface area (Å²) in [6, 6.07) is 4.48. The van der Waals surface area contributed by atoms with E-state index in [-0.39, 0.29) is 11.7 Å². The Morgan fingerprint density at radius 1 is 1.56 bits per heavy atom. The highest BCUT2D eigenvalue weighted by molar-refractivity contribution is 7.84. The van der Waals surface area contributed by atoms with Gasteiger partial charge in [0.25, 0.3) is 5.69 Å². The molecule has 2 atom stereocenters. The topological polar surface area (TPSA) is 81.5 Å². The molecule has 0 fully saturated rings. The van der Waals surface area contributed by atoms with Crippen LogP contribution in [-0.2, 0) is 10.8 Å². The Morgan fingerprint density at radius 3 is 2.72 bits per heavy atom. The quantitative estimate of drug-likeness (QED) is 0.630. The summed E-state index contributed by atoms with van der Waals surface area (Å²) in [5.41, 5.74) is 0.349. The van der Waals surface area contributed by atoms with Crippen LogP contribution in [-0.4, -0.2) is 34.3 Å². The minimum atomic E-state index is -0.950. The lowest BCUT2D eigenvalue weighted by Gasteiger charge is -2.14. The van der Waals surface area contributed by atoms with Gasteiger partial charge in [-0.25, -0.2) is 0 Å². The van der Waals surface area contributed by atoms with E-state index in [1.54, 1.807) is 18.4 Å². The van der Waals surface area contributed by atoms with E-state index in [9.17, 15) is 14.3 Å². The second kappa shape index (κ2) is 6.34. The van der Waals surface area contributed by atoms with E-state index in [2.05, 4.69) is 5.32 Å². The molecule has 0 aliphatic carbocycles. The van der Waals surface area contributed by atoms with E-state index in [0.29, 0.717) is 17.2 Å². The SMILES string of the molecule is COc1ccc(NC(C)CS(C)=O)c([N+](=O)[O-])c1. The number of hydrogen-bond donors (Lipinski definition) is 1. The number of methoxy groups -OCH3 is 1. The zero-order valence-corrected chi connectivity index (χ0v) is 11.3. The fraction of sp³-hybridized carbons (Fsp3) is 0.455. The van der Waals surface area contributed by atoms with Crippen LogP contribution in [0.15, 0.2) is 18.2 Å². The molecule has 0 aliphatic heterocycles. The molecule has 0 radical (unpaired) electrons. The number of rotatable bonds is 6. The average molecular weight is 272 g/mol. The summed E-state index contributed by atoms with van der Waals surface area (Å²) in [5.74, 6) is 0.863. The monoisotopic (exact) mass is 272 g/mol. The number of nitrogens with one attached hydrogen (secondary N) is 1. The molecular weight excluding hydrogens is 256 g/mol. The van der Waals surface area contributed by atoms with E-state index >= 15 is 0 Å². The van der Waals surface area contributed by atoms with Crippen molar-refractivity contribution in [3.8, 4) is 5.75 Å². The smallest absolute Gasteiger partial charge is 0.296 e. The van der Waals surface area contributed by atoms with Crippen LogP contribution >= 0.6 is 0 Å². The molecule has 0 aromatic heterocycles. The van der Waals surface area contributed by atoms with Crippen LogP contribution in [0.5, 0.6) is 5.75 Å². The van der Waals surface area contributed by atoms with Gasteiger partial charge >= 0.3 is 0 Å². The summed E-state index contributed by atoms with van der Waals surface area (Å²) < 4.78 is 16.0. The molecule has 1 aromatic rings. The molecule has 0 aliphatic rings. The largest absolute Gasteiger partial charge is 0.496 e. The molecule has 1 aromatic carbocycles. The third kappa shape index (κ3) is 3.99. The highest BCUT2D eigenvalue weighted by Gasteiger charge is 2.17. The van der Waals surface area contributed by atoms with Crippen LogP contribution in [0.25, 0.3) is 0 Å². The standard InChI is InChI=1S/C11H16N2O4S/c1-8(7-18(3)16)12-10-5-4-9(17-2)6-11(10)13(14)15/h4-6,8,12H,7H2,1-3H3. The molecule has 0 heterocycles. The maximum absolute atomic E-state index is 11.1. The second-order valence-electron chi connectivity index (χ2n) is 3.93. The van der Waals surface area contributed by atoms with Crippen LogP contribution < -0.4 is 10.1 Å². The van der Waals surface area contributed by atoms with Crippen molar-refractivity contribution in [2.75, 3.05) is 24.4 Å². The summed E-state index contributed by atoms with van der Waals surface area (Å²) in [4.78, 5) is 10.5. The van der Waals surface area contributed by atoms with E-state index < -0.39 is 15.7 Å². The first-order valence-corrected chi connectivity index (χ1v) is 7.05. The summed E-state index contributed by atoms with van der Waals surface area (Å²) in [6.45, 7) is 1.83. The Hall–Kier alpha value is -1.63. The fourth-order valence-electron chi connectivity index (χ4n) is 1.57. The Balaban J connectivity index is 2.94. The number of benzene rings is 1. The molecule has 0 saturated carbocycles. The molecular formula is C11H16N2O4S. The first-order valence-electron chi connectivity index (χ1n) is 5.33. The lowest BCUT2D eigenvalue weighted by Crippen LogP contribution is -2.22. The van der Waals surface area contributed by atoms with E-state index in [1.807, 2.05) is 6.92 Å². The Labute approximate surface area is 108 Å². The summed E-state index contributed by atoms with van der Waals surface area (Å²) in [6.07, 6.45) is 1.60. The van der Waals surface area contributed by atoms with Gasteiger partial charge in [-0.05, 0) is 19.1 Å². The molecule has 100 valence electrons. The van der Waals surface area contributed by atoms with Crippen molar-refractivity contribution in [3.05, 3.63) is 28.3 Å². The third-order valence-corrected chi connectivity index (χ3v) is 3.26. The van der Waals surface area contributed by atoms with Gasteiger partial charge in [-0.3, -0.25) is 14.3 Å². The van der Waals surface area contributed by atoms with Gasteiger partial charge in [0.05, 0.1) is 18.1 Å². The minimum Gasteiger partial charge on any atom is -0.496 e. The van der Waals surface area contributed by atoms with Crippen molar-refractivity contribution >= 4 is 22.2 Å².